The lowest BCUT2D eigenvalue weighted by molar-refractivity contribution is -0.132. The number of aromatic nitrogens is 2. The van der Waals surface area contributed by atoms with Crippen molar-refractivity contribution < 1.29 is 24.2 Å². The number of amides is 1. The number of hydrogen-bond donors (Lipinski definition) is 1. The van der Waals surface area contributed by atoms with Crippen molar-refractivity contribution in [3.8, 4) is 11.5 Å². The van der Waals surface area contributed by atoms with E-state index in [-0.39, 0.29) is 16.5 Å². The molecule has 1 aliphatic heterocycles. The minimum Gasteiger partial charge on any atom is -0.507 e. The molecule has 1 aliphatic rings. The van der Waals surface area contributed by atoms with Gasteiger partial charge in [-0.1, -0.05) is 70.6 Å². The number of carbonyl (C=O) groups excluding carboxylic acids is 2. The second-order valence-corrected chi connectivity index (χ2v) is 11.8. The molecule has 5 rings (SSSR count). The second-order valence-electron chi connectivity index (χ2n) is 9.14. The Kier molecular flexibility index (Phi) is 8.63. The first-order valence-corrected chi connectivity index (χ1v) is 14.9. The van der Waals surface area contributed by atoms with Gasteiger partial charge in [-0.15, -0.1) is 10.2 Å². The summed E-state index contributed by atoms with van der Waals surface area (Å²) in [5, 5.41) is 20.6. The molecule has 4 aromatic rings. The molecule has 1 N–H and O–H groups in total. The summed E-state index contributed by atoms with van der Waals surface area (Å²) in [6.07, 6.45) is 0. The molecular weight excluding hydrogens is 582 g/mol. The van der Waals surface area contributed by atoms with Gasteiger partial charge >= 0.3 is 5.91 Å². The summed E-state index contributed by atoms with van der Waals surface area (Å²) in [7, 11) is 1.51. The number of ketones is 1. The van der Waals surface area contributed by atoms with Gasteiger partial charge in [-0.3, -0.25) is 14.5 Å². The van der Waals surface area contributed by atoms with Gasteiger partial charge < -0.3 is 14.6 Å². The van der Waals surface area contributed by atoms with E-state index in [2.05, 4.69) is 22.3 Å². The van der Waals surface area contributed by atoms with E-state index in [4.69, 9.17) is 21.1 Å². The van der Waals surface area contributed by atoms with Crippen molar-refractivity contribution >= 4 is 57.3 Å². The predicted octanol–water partition coefficient (Wildman–Crippen LogP) is 6.83. The first-order chi connectivity index (χ1) is 19.8. The number of nitrogens with zero attached hydrogens (tertiary/aromatic N) is 3. The molecule has 0 spiro atoms. The maximum atomic E-state index is 13.5. The number of benzene rings is 3. The summed E-state index contributed by atoms with van der Waals surface area (Å²) in [5.74, 6) is -0.362. The highest BCUT2D eigenvalue weighted by Gasteiger charge is 2.48. The van der Waals surface area contributed by atoms with Crippen LogP contribution in [0.3, 0.4) is 0 Å². The number of rotatable bonds is 9. The van der Waals surface area contributed by atoms with E-state index in [1.54, 1.807) is 42.5 Å². The maximum Gasteiger partial charge on any atom is 0.301 e. The number of ether oxygens (including phenoxy) is 2. The molecule has 41 heavy (non-hydrogen) atoms. The Bertz CT molecular complexity index is 1620. The summed E-state index contributed by atoms with van der Waals surface area (Å²) in [6, 6.07) is 18.7. The highest BCUT2D eigenvalue weighted by Crippen LogP contribution is 2.45. The Labute approximate surface area is 250 Å². The lowest BCUT2D eigenvalue weighted by atomic mass is 9.95. The third kappa shape index (κ3) is 5.95. The first kappa shape index (κ1) is 28.7. The van der Waals surface area contributed by atoms with Gasteiger partial charge in [0.1, 0.15) is 5.76 Å². The zero-order valence-corrected chi connectivity index (χ0v) is 24.8. The smallest absolute Gasteiger partial charge is 0.301 e. The third-order valence-electron chi connectivity index (χ3n) is 6.45. The molecular formula is C30H26ClN3O5S2. The van der Waals surface area contributed by atoms with Gasteiger partial charge in [-0.25, -0.2) is 0 Å². The van der Waals surface area contributed by atoms with Gasteiger partial charge in [0.25, 0.3) is 5.78 Å². The van der Waals surface area contributed by atoms with Gasteiger partial charge in [-0.2, -0.15) is 0 Å². The molecule has 1 saturated heterocycles. The van der Waals surface area contributed by atoms with Crippen LogP contribution in [0.15, 0.2) is 76.6 Å². The zero-order valence-electron chi connectivity index (χ0n) is 22.5. The highest BCUT2D eigenvalue weighted by atomic mass is 35.5. The summed E-state index contributed by atoms with van der Waals surface area (Å²) in [4.78, 5) is 28.3. The van der Waals surface area contributed by atoms with Crippen LogP contribution in [0.2, 0.25) is 5.02 Å². The Morgan fingerprint density at radius 2 is 1.78 bits per heavy atom. The van der Waals surface area contributed by atoms with Crippen LogP contribution in [0.25, 0.3) is 5.76 Å². The number of anilines is 1. The summed E-state index contributed by atoms with van der Waals surface area (Å²) in [6.45, 7) is 4.32. The van der Waals surface area contributed by atoms with Crippen LogP contribution in [-0.2, 0) is 15.3 Å². The maximum absolute atomic E-state index is 13.5. The van der Waals surface area contributed by atoms with Crippen LogP contribution < -0.4 is 14.4 Å². The van der Waals surface area contributed by atoms with E-state index < -0.39 is 17.7 Å². The molecule has 11 heteroatoms. The molecule has 0 saturated carbocycles. The molecule has 3 aromatic carbocycles. The fraction of sp³-hybridized carbons (Fsp3) is 0.200. The van der Waals surface area contributed by atoms with Crippen molar-refractivity contribution in [3.05, 3.63) is 99.6 Å². The molecule has 1 atom stereocenters. The van der Waals surface area contributed by atoms with E-state index in [1.807, 2.05) is 26.0 Å². The van der Waals surface area contributed by atoms with Crippen molar-refractivity contribution in [1.29, 1.82) is 0 Å². The standard InChI is InChI=1S/C30H26ClN3O5S2/c1-4-39-22-14-11-20(15-23(22)38-3)25-24(26(35)19-9-12-21(31)13-10-19)27(36)28(37)34(25)29-32-33-30(41-29)40-16-18-7-5-17(2)6-8-18/h5-15,25,35H,4,16H2,1-3H3/b26-24-. The molecule has 0 aliphatic carbocycles. The molecule has 210 valence electrons. The van der Waals surface area contributed by atoms with Gasteiger partial charge in [0.05, 0.1) is 25.3 Å². The van der Waals surface area contributed by atoms with Gasteiger partial charge in [0.15, 0.2) is 15.8 Å². The number of aliphatic hydroxyl groups is 1. The largest absolute Gasteiger partial charge is 0.507 e. The van der Waals surface area contributed by atoms with Crippen molar-refractivity contribution in [2.24, 2.45) is 0 Å². The van der Waals surface area contributed by atoms with Crippen molar-refractivity contribution in [2.75, 3.05) is 18.6 Å². The molecule has 1 fully saturated rings. The molecule has 0 bridgehead atoms. The van der Waals surface area contributed by atoms with Crippen LogP contribution in [0.1, 0.15) is 35.2 Å². The number of methoxy groups -OCH3 is 1. The van der Waals surface area contributed by atoms with Gasteiger partial charge in [0.2, 0.25) is 5.13 Å². The number of halogens is 1. The first-order valence-electron chi connectivity index (χ1n) is 12.7. The van der Waals surface area contributed by atoms with Crippen LogP contribution in [-0.4, -0.2) is 40.7 Å². The fourth-order valence-electron chi connectivity index (χ4n) is 4.43. The number of Topliss-reactive ketones (excluding diaryl/α,β-unsaturated/α-hetero) is 1. The lowest BCUT2D eigenvalue weighted by Gasteiger charge is -2.23. The van der Waals surface area contributed by atoms with E-state index in [0.29, 0.717) is 44.3 Å². The van der Waals surface area contributed by atoms with E-state index >= 15 is 0 Å². The average Bonchev–Trinajstić information content (AvgIpc) is 3.55. The molecule has 1 unspecified atom stereocenters. The normalized spacial score (nSPS) is 16.3. The van der Waals surface area contributed by atoms with Crippen LogP contribution in [0.5, 0.6) is 11.5 Å². The van der Waals surface area contributed by atoms with E-state index in [0.717, 1.165) is 5.56 Å². The molecule has 0 radical (unpaired) electrons. The SMILES string of the molecule is CCOc1ccc(C2/C(=C(/O)c3ccc(Cl)cc3)C(=O)C(=O)N2c2nnc(SCc3ccc(C)cc3)s2)cc1OC. The number of carbonyl (C=O) groups is 2. The minimum atomic E-state index is -0.988. The molecule has 1 amide bonds. The molecule has 8 nitrogen and oxygen atoms in total. The Morgan fingerprint density at radius 3 is 2.46 bits per heavy atom. The second kappa shape index (κ2) is 12.3. The van der Waals surface area contributed by atoms with E-state index in [1.165, 1.54) is 40.7 Å². The summed E-state index contributed by atoms with van der Waals surface area (Å²) in [5.41, 5.74) is 3.11. The monoisotopic (exact) mass is 607 g/mol. The topological polar surface area (TPSA) is 102 Å². The van der Waals surface area contributed by atoms with Crippen molar-refractivity contribution in [1.82, 2.24) is 10.2 Å². The van der Waals surface area contributed by atoms with Crippen molar-refractivity contribution in [3.63, 3.8) is 0 Å². The number of aryl methyl sites for hydroxylation is 1. The number of hydrogen-bond acceptors (Lipinski definition) is 9. The molecule has 2 heterocycles. The Morgan fingerprint density at radius 1 is 1.05 bits per heavy atom. The number of aliphatic hydroxyl groups excluding tert-OH is 1. The lowest BCUT2D eigenvalue weighted by Crippen LogP contribution is -2.29. The minimum absolute atomic E-state index is 0.0763. The summed E-state index contributed by atoms with van der Waals surface area (Å²) < 4.78 is 11.8. The Balaban J connectivity index is 1.57. The summed E-state index contributed by atoms with van der Waals surface area (Å²) >= 11 is 8.73. The fourth-order valence-corrected chi connectivity index (χ4v) is 6.37. The van der Waals surface area contributed by atoms with Crippen LogP contribution in [0, 0.1) is 6.92 Å². The number of thioether (sulfide) groups is 1. The predicted molar refractivity (Wildman–Crippen MR) is 161 cm³/mol. The third-order valence-corrected chi connectivity index (χ3v) is 8.83. The van der Waals surface area contributed by atoms with Crippen molar-refractivity contribution in [2.45, 2.75) is 30.0 Å². The quantitative estimate of drug-likeness (QED) is 0.0726. The van der Waals surface area contributed by atoms with Crippen LogP contribution >= 0.6 is 34.7 Å². The van der Waals surface area contributed by atoms with E-state index in [9.17, 15) is 14.7 Å². The van der Waals surface area contributed by atoms with Gasteiger partial charge in [-0.05, 0) is 61.4 Å². The highest BCUT2D eigenvalue weighted by molar-refractivity contribution is 8.00. The van der Waals surface area contributed by atoms with Gasteiger partial charge in [0, 0.05) is 16.3 Å². The van der Waals surface area contributed by atoms with Crippen LogP contribution in [0.4, 0.5) is 5.13 Å². The zero-order chi connectivity index (χ0) is 29.1. The molecule has 1 aromatic heterocycles. The Hall–Kier alpha value is -3.86. The average molecular weight is 608 g/mol.